The molecule has 4 aliphatic rings. The second kappa shape index (κ2) is 9.50. The molecule has 0 spiro atoms. The number of rotatable bonds is 6. The number of fused-ring (bicyclic) bond motifs is 5. The van der Waals surface area contributed by atoms with Crippen molar-refractivity contribution in [3.8, 4) is 0 Å². The third-order valence-corrected chi connectivity index (χ3v) is 10.4. The summed E-state index contributed by atoms with van der Waals surface area (Å²) < 4.78 is 66.0. The van der Waals surface area contributed by atoms with Crippen LogP contribution in [0.1, 0.15) is 37.7 Å². The fourth-order valence-electron chi connectivity index (χ4n) is 6.38. The number of piperazine rings is 1. The zero-order valence-electron chi connectivity index (χ0n) is 18.9. The number of halogens is 4. The molecule has 4 fully saturated rings. The van der Waals surface area contributed by atoms with Gasteiger partial charge in [0.15, 0.2) is 0 Å². The molecule has 0 radical (unpaired) electrons. The predicted molar refractivity (Wildman–Crippen MR) is 125 cm³/mol. The Bertz CT molecular complexity index is 1010. The van der Waals surface area contributed by atoms with E-state index in [4.69, 9.17) is 0 Å². The summed E-state index contributed by atoms with van der Waals surface area (Å²) >= 11 is 0. The molecule has 0 aromatic heterocycles. The second-order valence-electron chi connectivity index (χ2n) is 9.86. The molecule has 2 heterocycles. The lowest BCUT2D eigenvalue weighted by Crippen LogP contribution is -2.46. The SMILES string of the molecule is Cl.O=C1C2C3CCC(C3)C2S(=O)(=O)N1CCCCN1CCN(c2cccc(C(F)(F)F)c2)CC1. The highest BCUT2D eigenvalue weighted by molar-refractivity contribution is 7.90. The summed E-state index contributed by atoms with van der Waals surface area (Å²) in [6, 6.07) is 5.44. The van der Waals surface area contributed by atoms with Crippen LogP contribution in [0.5, 0.6) is 0 Å². The molecular weight excluding hydrogens is 491 g/mol. The molecule has 0 N–H and O–H groups in total. The second-order valence-corrected chi connectivity index (χ2v) is 11.9. The van der Waals surface area contributed by atoms with Gasteiger partial charge in [-0.3, -0.25) is 9.69 Å². The van der Waals surface area contributed by atoms with Gasteiger partial charge in [-0.1, -0.05) is 6.07 Å². The van der Waals surface area contributed by atoms with Crippen molar-refractivity contribution < 1.29 is 26.4 Å². The largest absolute Gasteiger partial charge is 0.416 e. The number of carbonyl (C=O) groups is 1. The van der Waals surface area contributed by atoms with E-state index in [1.807, 2.05) is 4.90 Å². The number of unbranched alkanes of at least 4 members (excludes halogenated alkanes) is 1. The monoisotopic (exact) mass is 521 g/mol. The molecular formula is C23H31ClF3N3O3S. The molecule has 4 unspecified atom stereocenters. The Morgan fingerprint density at radius 1 is 0.971 bits per heavy atom. The van der Waals surface area contributed by atoms with Crippen LogP contribution in [0.2, 0.25) is 0 Å². The Hall–Kier alpha value is -1.52. The van der Waals surface area contributed by atoms with Crippen molar-refractivity contribution in [1.82, 2.24) is 9.21 Å². The number of alkyl halides is 3. The summed E-state index contributed by atoms with van der Waals surface area (Å²) in [5.41, 5.74) is -0.0484. The Labute approximate surface area is 204 Å². The van der Waals surface area contributed by atoms with Gasteiger partial charge in [0.2, 0.25) is 15.9 Å². The highest BCUT2D eigenvalue weighted by Gasteiger charge is 2.63. The van der Waals surface area contributed by atoms with E-state index >= 15 is 0 Å². The predicted octanol–water partition coefficient (Wildman–Crippen LogP) is 3.62. The number of hydrogen-bond acceptors (Lipinski definition) is 5. The molecule has 2 aliphatic carbocycles. The van der Waals surface area contributed by atoms with Gasteiger partial charge in [0, 0.05) is 38.4 Å². The molecule has 11 heteroatoms. The molecule has 190 valence electrons. The van der Waals surface area contributed by atoms with Crippen LogP contribution in [0, 0.1) is 17.8 Å². The summed E-state index contributed by atoms with van der Waals surface area (Å²) in [5.74, 6) is -0.0768. The van der Waals surface area contributed by atoms with Gasteiger partial charge < -0.3 is 4.90 Å². The molecule has 2 aliphatic heterocycles. The van der Waals surface area contributed by atoms with E-state index in [2.05, 4.69) is 4.90 Å². The van der Waals surface area contributed by atoms with Gasteiger partial charge in [-0.15, -0.1) is 12.4 Å². The van der Waals surface area contributed by atoms with Gasteiger partial charge in [0.1, 0.15) is 0 Å². The maximum Gasteiger partial charge on any atom is 0.416 e. The van der Waals surface area contributed by atoms with Gasteiger partial charge >= 0.3 is 6.18 Å². The maximum atomic E-state index is 13.0. The van der Waals surface area contributed by atoms with Crippen molar-refractivity contribution in [3.63, 3.8) is 0 Å². The number of hydrogen-bond donors (Lipinski definition) is 0. The zero-order valence-corrected chi connectivity index (χ0v) is 20.5. The van der Waals surface area contributed by atoms with Crippen molar-refractivity contribution in [2.24, 2.45) is 17.8 Å². The minimum absolute atomic E-state index is 0. The van der Waals surface area contributed by atoms with Crippen molar-refractivity contribution in [1.29, 1.82) is 0 Å². The molecule has 4 atom stereocenters. The van der Waals surface area contributed by atoms with Crippen LogP contribution >= 0.6 is 12.4 Å². The van der Waals surface area contributed by atoms with Crippen LogP contribution in [0.25, 0.3) is 0 Å². The van der Waals surface area contributed by atoms with Crippen LogP contribution in [0.4, 0.5) is 18.9 Å². The Balaban J connectivity index is 0.00000274. The number of anilines is 1. The van der Waals surface area contributed by atoms with Crippen LogP contribution in [-0.4, -0.2) is 68.0 Å². The Morgan fingerprint density at radius 2 is 1.65 bits per heavy atom. The van der Waals surface area contributed by atoms with Gasteiger partial charge in [-0.05, 0) is 68.7 Å². The molecule has 5 rings (SSSR count). The fraction of sp³-hybridized carbons (Fsp3) is 0.696. The topological polar surface area (TPSA) is 60.9 Å². The van der Waals surface area contributed by atoms with E-state index in [9.17, 15) is 26.4 Å². The van der Waals surface area contributed by atoms with Gasteiger partial charge in [-0.2, -0.15) is 13.2 Å². The smallest absolute Gasteiger partial charge is 0.369 e. The number of carbonyl (C=O) groups excluding carboxylic acids is 1. The van der Waals surface area contributed by atoms with Crippen LogP contribution in [0.15, 0.2) is 24.3 Å². The average Bonchev–Trinajstić information content (AvgIpc) is 3.45. The third-order valence-electron chi connectivity index (χ3n) is 8.02. The minimum atomic E-state index is -4.35. The maximum absolute atomic E-state index is 13.0. The summed E-state index contributed by atoms with van der Waals surface area (Å²) in [4.78, 5) is 17.0. The molecule has 2 bridgehead atoms. The first-order chi connectivity index (χ1) is 15.7. The molecule has 1 aromatic rings. The Morgan fingerprint density at radius 3 is 2.32 bits per heavy atom. The van der Waals surface area contributed by atoms with Gasteiger partial charge in [0.05, 0.1) is 16.7 Å². The highest BCUT2D eigenvalue weighted by Crippen LogP contribution is 2.55. The lowest BCUT2D eigenvalue weighted by molar-refractivity contribution is -0.137. The van der Waals surface area contributed by atoms with Crippen molar-refractivity contribution in [2.75, 3.05) is 44.2 Å². The molecule has 6 nitrogen and oxygen atoms in total. The average molecular weight is 522 g/mol. The standard InChI is InChI=1S/C23H30F3N3O3S.ClH/c24-23(25,26)18-4-3-5-19(15-18)28-12-10-27(11-13-28)8-1-2-9-29-22(30)20-16-6-7-17(14-16)21(20)33(29,31)32;/h3-5,15-17,20-21H,1-2,6-14H2;1H. The van der Waals surface area contributed by atoms with E-state index in [0.717, 1.165) is 51.4 Å². The summed E-state index contributed by atoms with van der Waals surface area (Å²) in [7, 11) is -3.52. The number of nitrogens with zero attached hydrogens (tertiary/aromatic N) is 3. The minimum Gasteiger partial charge on any atom is -0.369 e. The third kappa shape index (κ3) is 4.53. The number of sulfonamides is 1. The van der Waals surface area contributed by atoms with E-state index in [-0.39, 0.29) is 42.6 Å². The summed E-state index contributed by atoms with van der Waals surface area (Å²) in [6.07, 6.45) is -0.133. The molecule has 1 amide bonds. The van der Waals surface area contributed by atoms with Gasteiger partial charge in [0.25, 0.3) is 0 Å². The summed E-state index contributed by atoms with van der Waals surface area (Å²) in [6.45, 7) is 3.82. The number of benzene rings is 1. The van der Waals surface area contributed by atoms with Gasteiger partial charge in [-0.25, -0.2) is 12.7 Å². The molecule has 1 aromatic carbocycles. The van der Waals surface area contributed by atoms with E-state index in [1.165, 1.54) is 16.4 Å². The quantitative estimate of drug-likeness (QED) is 0.535. The lowest BCUT2D eigenvalue weighted by atomic mass is 9.88. The number of amides is 1. The Kier molecular flexibility index (Phi) is 7.15. The first-order valence-electron chi connectivity index (χ1n) is 11.9. The molecule has 2 saturated carbocycles. The highest BCUT2D eigenvalue weighted by atomic mass is 35.5. The lowest BCUT2D eigenvalue weighted by Gasteiger charge is -2.36. The molecule has 2 saturated heterocycles. The van der Waals surface area contributed by atoms with E-state index in [0.29, 0.717) is 25.2 Å². The first kappa shape index (κ1) is 25.6. The van der Waals surface area contributed by atoms with E-state index in [1.54, 1.807) is 6.07 Å². The van der Waals surface area contributed by atoms with Crippen molar-refractivity contribution in [2.45, 2.75) is 43.5 Å². The van der Waals surface area contributed by atoms with Crippen LogP contribution < -0.4 is 4.90 Å². The molecule has 34 heavy (non-hydrogen) atoms. The summed E-state index contributed by atoms with van der Waals surface area (Å²) in [5, 5.41) is -0.479. The van der Waals surface area contributed by atoms with Crippen LogP contribution in [-0.2, 0) is 21.0 Å². The zero-order chi connectivity index (χ0) is 23.4. The van der Waals surface area contributed by atoms with Crippen LogP contribution in [0.3, 0.4) is 0 Å². The van der Waals surface area contributed by atoms with E-state index < -0.39 is 27.0 Å². The normalized spacial score (nSPS) is 30.5. The van der Waals surface area contributed by atoms with Crippen molar-refractivity contribution >= 4 is 34.0 Å². The first-order valence-corrected chi connectivity index (χ1v) is 13.4. The van der Waals surface area contributed by atoms with Crippen molar-refractivity contribution in [3.05, 3.63) is 29.8 Å². The fourth-order valence-corrected chi connectivity index (χ4v) is 8.88.